The zero-order valence-corrected chi connectivity index (χ0v) is 10.1. The summed E-state index contributed by atoms with van der Waals surface area (Å²) in [5.74, 6) is 0. The average molecular weight is 208 g/mol. The molecule has 0 radical (unpaired) electrons. The highest BCUT2D eigenvalue weighted by Gasteiger charge is 2.22. The van der Waals surface area contributed by atoms with E-state index in [4.69, 9.17) is 16.3 Å². The van der Waals surface area contributed by atoms with Gasteiger partial charge in [0.15, 0.2) is 0 Å². The number of nitrogens with one attached hydrogen (secondary N) is 1. The maximum absolute atomic E-state index is 6.01. The van der Waals surface area contributed by atoms with E-state index in [0.29, 0.717) is 6.10 Å². The molecule has 1 unspecified atom stereocenters. The van der Waals surface area contributed by atoms with Crippen molar-refractivity contribution < 1.29 is 4.74 Å². The lowest BCUT2D eigenvalue weighted by molar-refractivity contribution is 0.0769. The minimum Gasteiger partial charge on any atom is -0.377 e. The first kappa shape index (κ1) is 13.2. The maximum atomic E-state index is 6.01. The Morgan fingerprint density at radius 1 is 1.31 bits per heavy atom. The van der Waals surface area contributed by atoms with Crippen molar-refractivity contribution in [3.8, 4) is 0 Å². The highest BCUT2D eigenvalue weighted by Crippen LogP contribution is 2.13. The highest BCUT2D eigenvalue weighted by atomic mass is 35.5. The van der Waals surface area contributed by atoms with Crippen LogP contribution >= 0.6 is 11.6 Å². The van der Waals surface area contributed by atoms with E-state index in [-0.39, 0.29) is 10.9 Å². The summed E-state index contributed by atoms with van der Waals surface area (Å²) in [6, 6.07) is 0. The predicted molar refractivity (Wildman–Crippen MR) is 58.5 cm³/mol. The van der Waals surface area contributed by atoms with Crippen LogP contribution in [0.15, 0.2) is 0 Å². The van der Waals surface area contributed by atoms with Crippen molar-refractivity contribution in [2.24, 2.45) is 0 Å². The van der Waals surface area contributed by atoms with E-state index in [2.05, 4.69) is 19.2 Å². The molecule has 0 aromatic heterocycles. The molecule has 3 heteroatoms. The van der Waals surface area contributed by atoms with E-state index in [1.807, 2.05) is 20.8 Å². The Kier molecular flexibility index (Phi) is 5.93. The molecule has 0 aliphatic heterocycles. The molecule has 0 bridgehead atoms. The molecular weight excluding hydrogens is 186 g/mol. The van der Waals surface area contributed by atoms with Crippen LogP contribution in [-0.2, 0) is 4.74 Å². The lowest BCUT2D eigenvalue weighted by atomic mass is 10.0. The van der Waals surface area contributed by atoms with E-state index in [1.54, 1.807) is 0 Å². The summed E-state index contributed by atoms with van der Waals surface area (Å²) in [4.78, 5) is 0. The smallest absolute Gasteiger partial charge is 0.0594 e. The molecule has 0 saturated carbocycles. The zero-order chi connectivity index (χ0) is 10.5. The second kappa shape index (κ2) is 5.84. The molecule has 0 spiro atoms. The largest absolute Gasteiger partial charge is 0.377 e. The monoisotopic (exact) mass is 207 g/mol. The van der Waals surface area contributed by atoms with Gasteiger partial charge < -0.3 is 10.1 Å². The second-order valence-electron chi connectivity index (χ2n) is 4.18. The Bertz CT molecular complexity index is 135. The fourth-order valence-electron chi connectivity index (χ4n) is 0.808. The number of halogens is 1. The molecule has 1 atom stereocenters. The average Bonchev–Trinajstić information content (AvgIpc) is 1.97. The third-order valence-corrected chi connectivity index (χ3v) is 2.67. The first-order chi connectivity index (χ1) is 5.86. The molecule has 1 N–H and O–H groups in total. The van der Waals surface area contributed by atoms with Gasteiger partial charge in [0.25, 0.3) is 0 Å². The highest BCUT2D eigenvalue weighted by molar-refractivity contribution is 6.21. The number of rotatable bonds is 6. The molecule has 0 aliphatic rings. The summed E-state index contributed by atoms with van der Waals surface area (Å²) in [5, 5.41) is 3.47. The van der Waals surface area contributed by atoms with Crippen LogP contribution in [0.5, 0.6) is 0 Å². The molecule has 80 valence electrons. The number of hydrogen-bond donors (Lipinski definition) is 1. The Morgan fingerprint density at radius 2 is 1.85 bits per heavy atom. The van der Waals surface area contributed by atoms with Gasteiger partial charge in [0, 0.05) is 17.5 Å². The topological polar surface area (TPSA) is 21.3 Å². The first-order valence-corrected chi connectivity index (χ1v) is 5.30. The van der Waals surface area contributed by atoms with Gasteiger partial charge in [-0.15, -0.1) is 11.6 Å². The first-order valence-electron chi connectivity index (χ1n) is 4.87. The lowest BCUT2D eigenvalue weighted by Gasteiger charge is -2.29. The summed E-state index contributed by atoms with van der Waals surface area (Å²) in [7, 11) is 0. The normalized spacial score (nSPS) is 15.0. The van der Waals surface area contributed by atoms with Crippen LogP contribution in [0.25, 0.3) is 0 Å². The predicted octanol–water partition coefficient (Wildman–Crippen LogP) is 2.41. The zero-order valence-electron chi connectivity index (χ0n) is 9.36. The fourth-order valence-corrected chi connectivity index (χ4v) is 0.886. The van der Waals surface area contributed by atoms with E-state index in [0.717, 1.165) is 13.2 Å². The maximum Gasteiger partial charge on any atom is 0.0594 e. The molecule has 0 aromatic rings. The molecule has 0 heterocycles. The van der Waals surface area contributed by atoms with Gasteiger partial charge in [-0.1, -0.05) is 0 Å². The van der Waals surface area contributed by atoms with Gasteiger partial charge in [-0.05, 0) is 34.6 Å². The van der Waals surface area contributed by atoms with E-state index in [9.17, 15) is 0 Å². The van der Waals surface area contributed by atoms with Crippen molar-refractivity contribution in [3.63, 3.8) is 0 Å². The van der Waals surface area contributed by atoms with Crippen molar-refractivity contribution in [1.29, 1.82) is 0 Å². The molecule has 0 saturated heterocycles. The van der Waals surface area contributed by atoms with Crippen LogP contribution in [0.4, 0.5) is 0 Å². The van der Waals surface area contributed by atoms with Gasteiger partial charge in [-0.3, -0.25) is 0 Å². The molecule has 0 fully saturated rings. The quantitative estimate of drug-likeness (QED) is 0.534. The van der Waals surface area contributed by atoms with Gasteiger partial charge in [-0.25, -0.2) is 0 Å². The van der Waals surface area contributed by atoms with Crippen molar-refractivity contribution in [2.75, 3.05) is 13.2 Å². The Labute approximate surface area is 87.0 Å². The summed E-state index contributed by atoms with van der Waals surface area (Å²) in [5.41, 5.74) is -0.0259. The van der Waals surface area contributed by atoms with E-state index < -0.39 is 0 Å². The SMILES string of the molecule is CC(C)OCCNC(C)(C)C(C)Cl. The van der Waals surface area contributed by atoms with E-state index in [1.165, 1.54) is 0 Å². The number of ether oxygens (including phenoxy) is 1. The summed E-state index contributed by atoms with van der Waals surface area (Å²) < 4.78 is 5.41. The Balaban J connectivity index is 3.52. The molecule has 0 aromatic carbocycles. The summed E-state index contributed by atoms with van der Waals surface area (Å²) in [6.07, 6.45) is 0.304. The van der Waals surface area contributed by atoms with Gasteiger partial charge >= 0.3 is 0 Å². The van der Waals surface area contributed by atoms with Crippen LogP contribution in [0.3, 0.4) is 0 Å². The minimum atomic E-state index is -0.0259. The van der Waals surface area contributed by atoms with Crippen LogP contribution in [0.2, 0.25) is 0 Å². The standard InChI is InChI=1S/C10H22ClNO/c1-8(2)13-7-6-12-10(4,5)9(3)11/h8-9,12H,6-7H2,1-5H3. The molecule has 0 amide bonds. The Morgan fingerprint density at radius 3 is 2.23 bits per heavy atom. The van der Waals surface area contributed by atoms with Gasteiger partial charge in [0.05, 0.1) is 12.7 Å². The summed E-state index contributed by atoms with van der Waals surface area (Å²) >= 11 is 6.01. The van der Waals surface area contributed by atoms with Crippen molar-refractivity contribution in [2.45, 2.75) is 51.6 Å². The van der Waals surface area contributed by atoms with Crippen LogP contribution in [0, 0.1) is 0 Å². The fraction of sp³-hybridized carbons (Fsp3) is 1.00. The number of alkyl halides is 1. The van der Waals surface area contributed by atoms with Gasteiger partial charge in [0.1, 0.15) is 0 Å². The van der Waals surface area contributed by atoms with E-state index >= 15 is 0 Å². The Hall–Kier alpha value is 0.210. The molecule has 0 rings (SSSR count). The van der Waals surface area contributed by atoms with Crippen molar-refractivity contribution >= 4 is 11.6 Å². The van der Waals surface area contributed by atoms with Crippen molar-refractivity contribution in [3.05, 3.63) is 0 Å². The van der Waals surface area contributed by atoms with Crippen LogP contribution in [-0.4, -0.2) is 30.2 Å². The summed E-state index contributed by atoms with van der Waals surface area (Å²) in [6.45, 7) is 11.9. The van der Waals surface area contributed by atoms with Crippen LogP contribution < -0.4 is 5.32 Å². The van der Waals surface area contributed by atoms with Crippen molar-refractivity contribution in [1.82, 2.24) is 5.32 Å². The molecule has 13 heavy (non-hydrogen) atoms. The number of hydrogen-bond acceptors (Lipinski definition) is 2. The third-order valence-electron chi connectivity index (χ3n) is 2.13. The minimum absolute atomic E-state index is 0.0259. The van der Waals surface area contributed by atoms with Crippen LogP contribution in [0.1, 0.15) is 34.6 Å². The third kappa shape index (κ3) is 6.30. The second-order valence-corrected chi connectivity index (χ2v) is 4.84. The lowest BCUT2D eigenvalue weighted by Crippen LogP contribution is -2.47. The van der Waals surface area contributed by atoms with Gasteiger partial charge in [0.2, 0.25) is 0 Å². The van der Waals surface area contributed by atoms with Gasteiger partial charge in [-0.2, -0.15) is 0 Å². The molecule has 2 nitrogen and oxygen atoms in total. The molecule has 0 aliphatic carbocycles. The molecular formula is C10H22ClNO.